The smallest absolute Gasteiger partial charge is 0.220 e. The number of ether oxygens (including phenoxy) is 1. The van der Waals surface area contributed by atoms with Gasteiger partial charge in [-0.25, -0.2) is 4.99 Å². The Bertz CT molecular complexity index is 946. The second-order valence-corrected chi connectivity index (χ2v) is 9.09. The minimum Gasteiger partial charge on any atom is -0.439 e. The molecular weight excluding hydrogens is 394 g/mol. The van der Waals surface area contributed by atoms with E-state index in [1.807, 2.05) is 53.9 Å². The molecule has 0 unspecified atom stereocenters. The van der Waals surface area contributed by atoms with Crippen molar-refractivity contribution in [2.24, 2.45) is 4.99 Å². The predicted octanol–water partition coefficient (Wildman–Crippen LogP) is 8.18. The Hall–Kier alpha value is -2.43. The first kappa shape index (κ1) is 21.3. The highest BCUT2D eigenvalue weighted by molar-refractivity contribution is 8.77. The van der Waals surface area contributed by atoms with Gasteiger partial charge in [-0.1, -0.05) is 83.5 Å². The molecule has 0 fully saturated rings. The maximum atomic E-state index is 6.08. The van der Waals surface area contributed by atoms with Crippen LogP contribution in [0.3, 0.4) is 0 Å². The summed E-state index contributed by atoms with van der Waals surface area (Å²) >= 11 is 0. The lowest BCUT2D eigenvalue weighted by Gasteiger charge is -2.09. The first-order valence-corrected chi connectivity index (χ1v) is 11.8. The molecule has 3 rings (SSSR count). The summed E-state index contributed by atoms with van der Waals surface area (Å²) in [4.78, 5) is 5.89. The van der Waals surface area contributed by atoms with Crippen LogP contribution in [0, 0.1) is 6.92 Å². The number of hydrogen-bond donors (Lipinski definition) is 0. The molecule has 3 aromatic rings. The van der Waals surface area contributed by atoms with Crippen LogP contribution in [0.2, 0.25) is 0 Å². The summed E-state index contributed by atoms with van der Waals surface area (Å²) in [6.45, 7) is 6.44. The van der Waals surface area contributed by atoms with Crippen molar-refractivity contribution in [2.45, 2.75) is 31.6 Å². The topological polar surface area (TPSA) is 21.6 Å². The molecule has 0 spiro atoms. The molecule has 0 atom stereocenters. The van der Waals surface area contributed by atoms with Gasteiger partial charge in [0.2, 0.25) is 5.90 Å². The average molecular weight is 420 g/mol. The zero-order valence-electron chi connectivity index (χ0n) is 16.9. The molecule has 0 amide bonds. The van der Waals surface area contributed by atoms with Crippen molar-refractivity contribution in [3.05, 3.63) is 101 Å². The van der Waals surface area contributed by atoms with E-state index in [0.717, 1.165) is 11.4 Å². The van der Waals surface area contributed by atoms with Crippen LogP contribution in [0.25, 0.3) is 0 Å². The van der Waals surface area contributed by atoms with Crippen LogP contribution < -0.4 is 4.74 Å². The van der Waals surface area contributed by atoms with E-state index < -0.39 is 0 Å². The van der Waals surface area contributed by atoms with E-state index in [-0.39, 0.29) is 0 Å². The van der Waals surface area contributed by atoms with E-state index in [2.05, 4.69) is 62.2 Å². The molecule has 0 N–H and O–H groups in total. The van der Waals surface area contributed by atoms with Crippen LogP contribution >= 0.6 is 21.6 Å². The lowest BCUT2D eigenvalue weighted by atomic mass is 10.0. The van der Waals surface area contributed by atoms with Crippen molar-refractivity contribution in [1.82, 2.24) is 0 Å². The molecule has 0 saturated carbocycles. The lowest BCUT2D eigenvalue weighted by Crippen LogP contribution is -2.04. The van der Waals surface area contributed by atoms with Gasteiger partial charge < -0.3 is 4.74 Å². The fourth-order valence-electron chi connectivity index (χ4n) is 2.53. The van der Waals surface area contributed by atoms with Crippen molar-refractivity contribution >= 4 is 33.2 Å². The molecule has 0 bridgehead atoms. The van der Waals surface area contributed by atoms with Gasteiger partial charge in [0.05, 0.1) is 5.69 Å². The molecule has 0 heterocycles. The lowest BCUT2D eigenvalue weighted by molar-refractivity contribution is 0.555. The van der Waals surface area contributed by atoms with Gasteiger partial charge in [0.15, 0.2) is 0 Å². The van der Waals surface area contributed by atoms with E-state index in [1.54, 1.807) is 21.6 Å². The summed E-state index contributed by atoms with van der Waals surface area (Å²) in [5.41, 5.74) is 3.37. The number of benzene rings is 3. The number of hydrogen-bond acceptors (Lipinski definition) is 4. The Labute approximate surface area is 181 Å². The summed E-state index contributed by atoms with van der Waals surface area (Å²) < 4.78 is 6.08. The van der Waals surface area contributed by atoms with E-state index in [4.69, 9.17) is 4.74 Å². The molecule has 0 aliphatic heterocycles. The first-order chi connectivity index (χ1) is 14.1. The van der Waals surface area contributed by atoms with Gasteiger partial charge in [-0.15, -0.1) is 0 Å². The number of nitrogens with zero attached hydrogens (tertiary/aromatic N) is 1. The van der Waals surface area contributed by atoms with Crippen molar-refractivity contribution in [2.75, 3.05) is 0 Å². The summed E-state index contributed by atoms with van der Waals surface area (Å²) in [5.74, 6) is 1.84. The molecule has 3 aromatic carbocycles. The van der Waals surface area contributed by atoms with Crippen LogP contribution in [0.5, 0.6) is 5.75 Å². The van der Waals surface area contributed by atoms with Crippen LogP contribution in [0.4, 0.5) is 5.69 Å². The van der Waals surface area contributed by atoms with Gasteiger partial charge in [0.1, 0.15) is 5.75 Å². The molecule has 2 nitrogen and oxygen atoms in total. The van der Waals surface area contributed by atoms with Gasteiger partial charge in [0.25, 0.3) is 0 Å². The predicted molar refractivity (Wildman–Crippen MR) is 128 cm³/mol. The molecule has 148 valence electrons. The molecule has 4 heteroatoms. The fraction of sp³-hybridized carbons (Fsp3) is 0.160. The molecule has 0 aliphatic rings. The largest absolute Gasteiger partial charge is 0.439 e. The number of aryl methyl sites for hydroxylation is 1. The standard InChI is InChI=1S/C25H25NOS2/c1-19(2)21-11-15-23(16-12-21)27-25(26-22-13-9-20(3)10-14-22)17-18-28-29-24-7-5-4-6-8-24/h4-19H,1-3H3/b18-17+,26-25-. The van der Waals surface area contributed by atoms with E-state index >= 15 is 0 Å². The molecule has 0 aromatic heterocycles. The average Bonchev–Trinajstić information content (AvgIpc) is 2.74. The Morgan fingerprint density at radius 1 is 0.897 bits per heavy atom. The summed E-state index contributed by atoms with van der Waals surface area (Å²) in [7, 11) is 3.34. The maximum Gasteiger partial charge on any atom is 0.220 e. The fourth-order valence-corrected chi connectivity index (χ4v) is 4.13. The zero-order valence-corrected chi connectivity index (χ0v) is 18.5. The van der Waals surface area contributed by atoms with Crippen LogP contribution in [-0.4, -0.2) is 5.90 Å². The molecular formula is C25H25NOS2. The molecule has 0 saturated heterocycles. The van der Waals surface area contributed by atoms with E-state index in [9.17, 15) is 0 Å². The Kier molecular flexibility index (Phi) is 8.03. The van der Waals surface area contributed by atoms with Gasteiger partial charge in [0, 0.05) is 11.0 Å². The first-order valence-electron chi connectivity index (χ1n) is 9.58. The van der Waals surface area contributed by atoms with Crippen molar-refractivity contribution in [3.8, 4) is 5.75 Å². The monoisotopic (exact) mass is 419 g/mol. The minimum atomic E-state index is 0.496. The molecule has 0 aliphatic carbocycles. The van der Waals surface area contributed by atoms with Gasteiger partial charge in [-0.2, -0.15) is 0 Å². The van der Waals surface area contributed by atoms with Gasteiger partial charge >= 0.3 is 0 Å². The normalized spacial score (nSPS) is 11.9. The highest BCUT2D eigenvalue weighted by atomic mass is 33.1. The quantitative estimate of drug-likeness (QED) is 0.219. The summed E-state index contributed by atoms with van der Waals surface area (Å²) in [6.07, 6.45) is 1.91. The van der Waals surface area contributed by atoms with Crippen molar-refractivity contribution < 1.29 is 4.74 Å². The summed E-state index contributed by atoms with van der Waals surface area (Å²) in [6, 6.07) is 26.6. The van der Waals surface area contributed by atoms with Gasteiger partial charge in [-0.3, -0.25) is 0 Å². The Balaban J connectivity index is 1.73. The van der Waals surface area contributed by atoms with Crippen LogP contribution in [0.1, 0.15) is 30.9 Å². The number of aliphatic imine (C=N–C) groups is 1. The van der Waals surface area contributed by atoms with Crippen molar-refractivity contribution in [1.29, 1.82) is 0 Å². The highest BCUT2D eigenvalue weighted by Crippen LogP contribution is 2.31. The van der Waals surface area contributed by atoms with Gasteiger partial charge in [-0.05, 0) is 60.2 Å². The third kappa shape index (κ3) is 7.15. The second-order valence-electron chi connectivity index (χ2n) is 6.91. The molecule has 29 heavy (non-hydrogen) atoms. The van der Waals surface area contributed by atoms with E-state index in [1.165, 1.54) is 16.0 Å². The third-order valence-corrected chi connectivity index (χ3v) is 6.20. The SMILES string of the molecule is Cc1ccc(/N=C(/C=C/SSc2ccccc2)Oc2ccc(C(C)C)cc2)cc1. The number of rotatable bonds is 7. The minimum absolute atomic E-state index is 0.496. The molecule has 0 radical (unpaired) electrons. The van der Waals surface area contributed by atoms with Crippen LogP contribution in [-0.2, 0) is 0 Å². The van der Waals surface area contributed by atoms with Crippen LogP contribution in [0.15, 0.2) is 100 Å². The third-order valence-electron chi connectivity index (χ3n) is 4.20. The maximum absolute atomic E-state index is 6.08. The zero-order chi connectivity index (χ0) is 20.5. The highest BCUT2D eigenvalue weighted by Gasteiger charge is 2.03. The summed E-state index contributed by atoms with van der Waals surface area (Å²) in [5, 5.41) is 2.01. The Morgan fingerprint density at radius 2 is 1.59 bits per heavy atom. The van der Waals surface area contributed by atoms with Crippen molar-refractivity contribution in [3.63, 3.8) is 0 Å². The Morgan fingerprint density at radius 3 is 2.24 bits per heavy atom. The van der Waals surface area contributed by atoms with E-state index in [0.29, 0.717) is 11.8 Å². The second kappa shape index (κ2) is 10.9.